The highest BCUT2D eigenvalue weighted by Gasteiger charge is 2.12. The van der Waals surface area contributed by atoms with Crippen molar-refractivity contribution >= 4 is 21.4 Å². The maximum absolute atomic E-state index is 5.63. The van der Waals surface area contributed by atoms with Gasteiger partial charge in [-0.25, -0.2) is 0 Å². The average molecular weight is 276 g/mol. The van der Waals surface area contributed by atoms with Crippen LogP contribution in [0.4, 0.5) is 0 Å². The van der Waals surface area contributed by atoms with Crippen LogP contribution in [0.15, 0.2) is 23.6 Å². The Kier molecular flexibility index (Phi) is 4.01. The summed E-state index contributed by atoms with van der Waals surface area (Å²) in [6, 6.07) is 6.60. The number of nitrogens with one attached hydrogen (secondary N) is 1. The lowest BCUT2D eigenvalue weighted by Crippen LogP contribution is -2.44. The largest absolute Gasteiger partial charge is 0.496 e. The molecule has 0 atom stereocenters. The number of methoxy groups -OCH3 is 1. The lowest BCUT2D eigenvalue weighted by molar-refractivity contribution is 0.243. The van der Waals surface area contributed by atoms with Crippen molar-refractivity contribution in [3.63, 3.8) is 0 Å². The summed E-state index contributed by atoms with van der Waals surface area (Å²) >= 11 is 1.77. The first-order valence-corrected chi connectivity index (χ1v) is 7.72. The standard InChI is InChI=1S/C15H20N2OS/c1-18-15-12(2-3-14-13(15)5-11-19-14)4-8-17-9-6-16-7-10-17/h2-3,5,11,16H,4,6-10H2,1H3. The molecule has 0 radical (unpaired) electrons. The van der Waals surface area contributed by atoms with E-state index in [1.54, 1.807) is 18.4 Å². The molecule has 1 aromatic carbocycles. The van der Waals surface area contributed by atoms with E-state index in [4.69, 9.17) is 4.74 Å². The van der Waals surface area contributed by atoms with E-state index in [0.717, 1.165) is 44.9 Å². The number of fused-ring (bicyclic) bond motifs is 1. The van der Waals surface area contributed by atoms with Crippen LogP contribution in [-0.2, 0) is 6.42 Å². The third-order valence-electron chi connectivity index (χ3n) is 3.78. The van der Waals surface area contributed by atoms with E-state index in [-0.39, 0.29) is 0 Å². The Hall–Kier alpha value is -1.10. The van der Waals surface area contributed by atoms with Gasteiger partial charge >= 0.3 is 0 Å². The molecule has 1 aromatic heterocycles. The molecular formula is C15H20N2OS. The Morgan fingerprint density at radius 3 is 2.89 bits per heavy atom. The number of benzene rings is 1. The number of ether oxygens (including phenoxy) is 1. The summed E-state index contributed by atoms with van der Waals surface area (Å²) in [5.74, 6) is 1.06. The molecule has 0 bridgehead atoms. The Morgan fingerprint density at radius 1 is 1.26 bits per heavy atom. The predicted molar refractivity (Wildman–Crippen MR) is 81.4 cm³/mol. The van der Waals surface area contributed by atoms with Crippen LogP contribution in [0.3, 0.4) is 0 Å². The van der Waals surface area contributed by atoms with Crippen molar-refractivity contribution < 1.29 is 4.74 Å². The zero-order valence-corrected chi connectivity index (χ0v) is 12.1. The van der Waals surface area contributed by atoms with E-state index in [9.17, 15) is 0 Å². The highest BCUT2D eigenvalue weighted by molar-refractivity contribution is 7.17. The van der Waals surface area contributed by atoms with E-state index >= 15 is 0 Å². The highest BCUT2D eigenvalue weighted by atomic mass is 32.1. The van der Waals surface area contributed by atoms with E-state index in [0.29, 0.717) is 0 Å². The van der Waals surface area contributed by atoms with Crippen molar-refractivity contribution in [2.45, 2.75) is 6.42 Å². The summed E-state index contributed by atoms with van der Waals surface area (Å²) in [4.78, 5) is 2.52. The van der Waals surface area contributed by atoms with Crippen LogP contribution in [0.5, 0.6) is 5.75 Å². The fourth-order valence-corrected chi connectivity index (χ4v) is 3.50. The summed E-state index contributed by atoms with van der Waals surface area (Å²) in [6.07, 6.45) is 1.06. The SMILES string of the molecule is COc1c(CCN2CCNCC2)ccc2sccc12. The van der Waals surface area contributed by atoms with Gasteiger partial charge in [0.05, 0.1) is 7.11 Å². The maximum atomic E-state index is 5.63. The molecule has 1 N–H and O–H groups in total. The summed E-state index contributed by atoms with van der Waals surface area (Å²) in [5.41, 5.74) is 1.33. The van der Waals surface area contributed by atoms with Crippen molar-refractivity contribution in [2.24, 2.45) is 0 Å². The fraction of sp³-hybridized carbons (Fsp3) is 0.467. The second kappa shape index (κ2) is 5.90. The van der Waals surface area contributed by atoms with E-state index in [2.05, 4.69) is 33.8 Å². The predicted octanol–water partition coefficient (Wildman–Crippen LogP) is 2.36. The van der Waals surface area contributed by atoms with Gasteiger partial charge in [-0.15, -0.1) is 11.3 Å². The minimum absolute atomic E-state index is 1.06. The summed E-state index contributed by atoms with van der Waals surface area (Å²) in [6.45, 7) is 5.65. The molecule has 1 saturated heterocycles. The first-order valence-electron chi connectivity index (χ1n) is 6.84. The molecule has 102 valence electrons. The molecule has 1 fully saturated rings. The average Bonchev–Trinajstić information content (AvgIpc) is 2.94. The first-order chi connectivity index (χ1) is 9.38. The maximum Gasteiger partial charge on any atom is 0.130 e. The van der Waals surface area contributed by atoms with Crippen molar-refractivity contribution in [3.8, 4) is 5.75 Å². The quantitative estimate of drug-likeness (QED) is 0.928. The van der Waals surface area contributed by atoms with E-state index in [1.807, 2.05) is 0 Å². The molecule has 1 aliphatic rings. The summed E-state index contributed by atoms with van der Waals surface area (Å²) in [5, 5.41) is 6.78. The van der Waals surface area contributed by atoms with Crippen molar-refractivity contribution in [2.75, 3.05) is 39.8 Å². The topological polar surface area (TPSA) is 24.5 Å². The number of piperazine rings is 1. The minimum Gasteiger partial charge on any atom is -0.496 e. The number of thiophene rings is 1. The van der Waals surface area contributed by atoms with Crippen LogP contribution in [-0.4, -0.2) is 44.7 Å². The van der Waals surface area contributed by atoms with Gasteiger partial charge in [0.2, 0.25) is 0 Å². The Balaban J connectivity index is 1.76. The first kappa shape index (κ1) is 12.9. The van der Waals surface area contributed by atoms with Crippen molar-refractivity contribution in [3.05, 3.63) is 29.1 Å². The van der Waals surface area contributed by atoms with E-state index < -0.39 is 0 Å². The zero-order chi connectivity index (χ0) is 13.1. The smallest absolute Gasteiger partial charge is 0.130 e. The van der Waals surface area contributed by atoms with Crippen LogP contribution < -0.4 is 10.1 Å². The van der Waals surface area contributed by atoms with Crippen LogP contribution >= 0.6 is 11.3 Å². The molecule has 0 spiro atoms. The molecule has 2 heterocycles. The summed E-state index contributed by atoms with van der Waals surface area (Å²) in [7, 11) is 1.78. The highest BCUT2D eigenvalue weighted by Crippen LogP contribution is 2.33. The number of rotatable bonds is 4. The normalized spacial score (nSPS) is 16.9. The Morgan fingerprint density at radius 2 is 2.11 bits per heavy atom. The molecule has 1 aliphatic heterocycles. The zero-order valence-electron chi connectivity index (χ0n) is 11.3. The van der Waals surface area contributed by atoms with Gasteiger partial charge < -0.3 is 15.0 Å². The van der Waals surface area contributed by atoms with Crippen LogP contribution in [0, 0.1) is 0 Å². The van der Waals surface area contributed by atoms with Gasteiger partial charge in [0.15, 0.2) is 0 Å². The molecule has 0 saturated carbocycles. The molecule has 3 rings (SSSR count). The third-order valence-corrected chi connectivity index (χ3v) is 4.66. The number of nitrogens with zero attached hydrogens (tertiary/aromatic N) is 1. The molecule has 19 heavy (non-hydrogen) atoms. The third kappa shape index (κ3) is 2.76. The van der Waals surface area contributed by atoms with Gasteiger partial charge in [0.25, 0.3) is 0 Å². The summed E-state index contributed by atoms with van der Waals surface area (Å²) < 4.78 is 6.94. The van der Waals surface area contributed by atoms with Crippen LogP contribution in [0.1, 0.15) is 5.56 Å². The van der Waals surface area contributed by atoms with Gasteiger partial charge in [0, 0.05) is 42.8 Å². The molecule has 4 heteroatoms. The lowest BCUT2D eigenvalue weighted by Gasteiger charge is -2.27. The molecule has 3 nitrogen and oxygen atoms in total. The second-order valence-corrected chi connectivity index (χ2v) is 5.88. The second-order valence-electron chi connectivity index (χ2n) is 4.93. The molecular weight excluding hydrogens is 256 g/mol. The number of hydrogen-bond acceptors (Lipinski definition) is 4. The van der Waals surface area contributed by atoms with Crippen LogP contribution in [0.25, 0.3) is 10.1 Å². The van der Waals surface area contributed by atoms with Gasteiger partial charge in [0.1, 0.15) is 5.75 Å². The number of hydrogen-bond donors (Lipinski definition) is 1. The van der Waals surface area contributed by atoms with Gasteiger partial charge in [-0.05, 0) is 29.5 Å². The van der Waals surface area contributed by atoms with Crippen molar-refractivity contribution in [1.82, 2.24) is 10.2 Å². The molecule has 0 unspecified atom stereocenters. The minimum atomic E-state index is 1.06. The van der Waals surface area contributed by atoms with Gasteiger partial charge in [-0.2, -0.15) is 0 Å². The Labute approximate surface area is 118 Å². The molecule has 0 aliphatic carbocycles. The van der Waals surface area contributed by atoms with Crippen LogP contribution in [0.2, 0.25) is 0 Å². The molecule has 2 aromatic rings. The molecule has 0 amide bonds. The van der Waals surface area contributed by atoms with Gasteiger partial charge in [-0.3, -0.25) is 0 Å². The van der Waals surface area contributed by atoms with Crippen molar-refractivity contribution in [1.29, 1.82) is 0 Å². The monoisotopic (exact) mass is 276 g/mol. The lowest BCUT2D eigenvalue weighted by atomic mass is 10.1. The fourth-order valence-electron chi connectivity index (χ4n) is 2.71. The van der Waals surface area contributed by atoms with E-state index in [1.165, 1.54) is 15.6 Å². The Bertz CT molecular complexity index is 546. The van der Waals surface area contributed by atoms with Gasteiger partial charge in [-0.1, -0.05) is 6.07 Å².